The van der Waals surface area contributed by atoms with E-state index in [2.05, 4.69) is 27.4 Å². The summed E-state index contributed by atoms with van der Waals surface area (Å²) in [5, 5.41) is 12.2. The Morgan fingerprint density at radius 3 is 2.32 bits per heavy atom. The van der Waals surface area contributed by atoms with E-state index in [0.29, 0.717) is 18.2 Å². The SMILES string of the molecule is CN(C)c1ncc(C(=O)O)c(-c2ccccc2)n1.CNCC(Cl)c1cccc(OCc2ccccc2)c1. The second kappa shape index (κ2) is 14.0. The van der Waals surface area contributed by atoms with Crippen molar-refractivity contribution in [3.05, 3.63) is 108 Å². The molecule has 1 aromatic heterocycles. The highest BCUT2D eigenvalue weighted by Crippen LogP contribution is 2.24. The summed E-state index contributed by atoms with van der Waals surface area (Å²) < 4.78 is 5.78. The van der Waals surface area contributed by atoms with E-state index in [0.717, 1.165) is 29.0 Å². The molecule has 0 saturated carbocycles. The van der Waals surface area contributed by atoms with Gasteiger partial charge in [0.25, 0.3) is 0 Å². The molecule has 4 aromatic rings. The summed E-state index contributed by atoms with van der Waals surface area (Å²) in [5.74, 6) is 0.307. The van der Waals surface area contributed by atoms with Gasteiger partial charge in [-0.2, -0.15) is 0 Å². The first-order chi connectivity index (χ1) is 17.9. The molecule has 0 bridgehead atoms. The molecule has 0 fully saturated rings. The first-order valence-corrected chi connectivity index (χ1v) is 12.2. The number of ether oxygens (including phenoxy) is 1. The number of aromatic nitrogens is 2. The average Bonchev–Trinajstić information content (AvgIpc) is 2.93. The molecule has 1 unspecified atom stereocenters. The molecule has 0 radical (unpaired) electrons. The number of nitrogens with zero attached hydrogens (tertiary/aromatic N) is 3. The highest BCUT2D eigenvalue weighted by Gasteiger charge is 2.15. The van der Waals surface area contributed by atoms with Gasteiger partial charge >= 0.3 is 5.97 Å². The number of halogens is 1. The number of likely N-dealkylation sites (N-methyl/N-ethyl adjacent to an activating group) is 1. The number of hydrogen-bond acceptors (Lipinski definition) is 6. The second-order valence-electron chi connectivity index (χ2n) is 8.37. The fourth-order valence-electron chi connectivity index (χ4n) is 3.40. The van der Waals surface area contributed by atoms with Crippen molar-refractivity contribution >= 4 is 23.5 Å². The van der Waals surface area contributed by atoms with E-state index in [9.17, 15) is 4.79 Å². The zero-order valence-electron chi connectivity index (χ0n) is 21.1. The molecule has 1 heterocycles. The maximum absolute atomic E-state index is 11.2. The van der Waals surface area contributed by atoms with Crippen molar-refractivity contribution < 1.29 is 14.6 Å². The topological polar surface area (TPSA) is 87.6 Å². The second-order valence-corrected chi connectivity index (χ2v) is 8.90. The Hall–Kier alpha value is -3.94. The average molecular weight is 519 g/mol. The first kappa shape index (κ1) is 27.6. The van der Waals surface area contributed by atoms with Gasteiger partial charge in [0.1, 0.15) is 17.9 Å². The summed E-state index contributed by atoms with van der Waals surface area (Å²) in [6, 6.07) is 27.3. The van der Waals surface area contributed by atoms with E-state index in [1.165, 1.54) is 6.20 Å². The summed E-state index contributed by atoms with van der Waals surface area (Å²) in [4.78, 5) is 21.2. The summed E-state index contributed by atoms with van der Waals surface area (Å²) in [6.45, 7) is 1.31. The van der Waals surface area contributed by atoms with Crippen LogP contribution in [0.25, 0.3) is 11.3 Å². The minimum atomic E-state index is -1.03. The van der Waals surface area contributed by atoms with E-state index >= 15 is 0 Å². The lowest BCUT2D eigenvalue weighted by Crippen LogP contribution is -2.14. The van der Waals surface area contributed by atoms with Gasteiger partial charge in [-0.1, -0.05) is 72.8 Å². The molecule has 1 atom stereocenters. The maximum atomic E-state index is 11.2. The molecule has 37 heavy (non-hydrogen) atoms. The van der Waals surface area contributed by atoms with Crippen LogP contribution in [0.5, 0.6) is 5.75 Å². The molecule has 0 aliphatic heterocycles. The van der Waals surface area contributed by atoms with Crippen LogP contribution in [-0.2, 0) is 6.61 Å². The van der Waals surface area contributed by atoms with Gasteiger partial charge in [-0.3, -0.25) is 0 Å². The van der Waals surface area contributed by atoms with Gasteiger partial charge in [0.05, 0.1) is 11.1 Å². The van der Waals surface area contributed by atoms with Crippen molar-refractivity contribution in [1.29, 1.82) is 0 Å². The third-order valence-corrected chi connectivity index (χ3v) is 5.71. The van der Waals surface area contributed by atoms with E-state index in [1.54, 1.807) is 4.90 Å². The van der Waals surface area contributed by atoms with Gasteiger partial charge in [0.15, 0.2) is 0 Å². The number of carboxylic acid groups (broad SMARTS) is 1. The molecule has 192 valence electrons. The Morgan fingerprint density at radius 1 is 1.03 bits per heavy atom. The Balaban J connectivity index is 0.000000206. The molecule has 0 aliphatic rings. The smallest absolute Gasteiger partial charge is 0.339 e. The molecule has 0 saturated heterocycles. The lowest BCUT2D eigenvalue weighted by Gasteiger charge is -2.12. The number of carbonyl (C=O) groups is 1. The largest absolute Gasteiger partial charge is 0.489 e. The Labute approximate surface area is 222 Å². The fourth-order valence-corrected chi connectivity index (χ4v) is 3.69. The lowest BCUT2D eigenvalue weighted by atomic mass is 10.1. The van der Waals surface area contributed by atoms with Gasteiger partial charge in [-0.05, 0) is 30.3 Å². The van der Waals surface area contributed by atoms with Crippen molar-refractivity contribution in [2.45, 2.75) is 12.0 Å². The predicted molar refractivity (Wildman–Crippen MR) is 148 cm³/mol. The highest BCUT2D eigenvalue weighted by molar-refractivity contribution is 6.21. The van der Waals surface area contributed by atoms with Gasteiger partial charge < -0.3 is 20.1 Å². The highest BCUT2D eigenvalue weighted by atomic mass is 35.5. The summed E-state index contributed by atoms with van der Waals surface area (Å²) in [6.07, 6.45) is 1.34. The van der Waals surface area contributed by atoms with Crippen LogP contribution in [-0.4, -0.2) is 48.7 Å². The third kappa shape index (κ3) is 8.31. The van der Waals surface area contributed by atoms with Gasteiger partial charge in [-0.15, -0.1) is 11.6 Å². The van der Waals surface area contributed by atoms with Crippen LogP contribution in [0.4, 0.5) is 5.95 Å². The number of benzene rings is 3. The number of rotatable bonds is 9. The molecule has 8 heteroatoms. The summed E-state index contributed by atoms with van der Waals surface area (Å²) in [7, 11) is 5.51. The third-order valence-electron chi connectivity index (χ3n) is 5.31. The number of anilines is 1. The minimum Gasteiger partial charge on any atom is -0.489 e. The van der Waals surface area contributed by atoms with Crippen LogP contribution >= 0.6 is 11.6 Å². The minimum absolute atomic E-state index is 0.0368. The molecule has 2 N–H and O–H groups in total. The normalized spacial score (nSPS) is 11.1. The van der Waals surface area contributed by atoms with Gasteiger partial charge in [0.2, 0.25) is 5.95 Å². The van der Waals surface area contributed by atoms with Gasteiger partial charge in [-0.25, -0.2) is 14.8 Å². The van der Waals surface area contributed by atoms with Crippen LogP contribution in [0.1, 0.15) is 26.9 Å². The molecule has 0 amide bonds. The number of aromatic carboxylic acids is 1. The fraction of sp³-hybridized carbons (Fsp3) is 0.207. The van der Waals surface area contributed by atoms with Crippen LogP contribution in [0.2, 0.25) is 0 Å². The standard InChI is InChI=1S/C16H18ClNO.C13H13N3O2/c1-18-11-16(17)14-8-5-9-15(10-14)19-12-13-6-3-2-4-7-13;1-16(2)13-14-8-10(12(17)18)11(15-13)9-6-4-3-5-7-9/h2-10,16,18H,11-12H2,1H3;3-8H,1-2H3,(H,17,18). The van der Waals surface area contributed by atoms with Crippen LogP contribution in [0.15, 0.2) is 91.1 Å². The van der Waals surface area contributed by atoms with Crippen LogP contribution < -0.4 is 15.0 Å². The van der Waals surface area contributed by atoms with E-state index in [1.807, 2.05) is 93.9 Å². The van der Waals surface area contributed by atoms with E-state index in [-0.39, 0.29) is 10.9 Å². The molecule has 0 aliphatic carbocycles. The molecule has 0 spiro atoms. The quantitative estimate of drug-likeness (QED) is 0.276. The summed E-state index contributed by atoms with van der Waals surface area (Å²) >= 11 is 6.28. The predicted octanol–water partition coefficient (Wildman–Crippen LogP) is 5.67. The molecular formula is C29H31ClN4O3. The van der Waals surface area contributed by atoms with Crippen LogP contribution in [0, 0.1) is 0 Å². The monoisotopic (exact) mass is 518 g/mol. The number of nitrogens with one attached hydrogen (secondary N) is 1. The number of alkyl halides is 1. The van der Waals surface area contributed by atoms with Crippen molar-refractivity contribution in [2.75, 3.05) is 32.6 Å². The zero-order chi connectivity index (χ0) is 26.6. The molecular weight excluding hydrogens is 488 g/mol. The number of carboxylic acids is 1. The molecule has 4 rings (SSSR count). The van der Waals surface area contributed by atoms with E-state index in [4.69, 9.17) is 21.4 Å². The molecule has 3 aromatic carbocycles. The maximum Gasteiger partial charge on any atom is 0.339 e. The zero-order valence-corrected chi connectivity index (χ0v) is 21.9. The summed E-state index contributed by atoms with van der Waals surface area (Å²) in [5.41, 5.74) is 3.53. The Bertz CT molecular complexity index is 1270. The van der Waals surface area contributed by atoms with E-state index < -0.39 is 5.97 Å². The Morgan fingerprint density at radius 2 is 1.70 bits per heavy atom. The van der Waals surface area contributed by atoms with Crippen molar-refractivity contribution in [2.24, 2.45) is 0 Å². The van der Waals surface area contributed by atoms with Crippen molar-refractivity contribution in [3.8, 4) is 17.0 Å². The van der Waals surface area contributed by atoms with Gasteiger partial charge in [0, 0.05) is 32.4 Å². The van der Waals surface area contributed by atoms with Crippen molar-refractivity contribution in [1.82, 2.24) is 15.3 Å². The molecule has 7 nitrogen and oxygen atoms in total. The van der Waals surface area contributed by atoms with Crippen molar-refractivity contribution in [3.63, 3.8) is 0 Å². The number of hydrogen-bond donors (Lipinski definition) is 2. The first-order valence-electron chi connectivity index (χ1n) is 11.8. The van der Waals surface area contributed by atoms with Crippen LogP contribution in [0.3, 0.4) is 0 Å². The Kier molecular flexibility index (Phi) is 10.4. The lowest BCUT2D eigenvalue weighted by molar-refractivity contribution is 0.0697.